The highest BCUT2D eigenvalue weighted by Gasteiger charge is 2.21. The first-order valence-electron chi connectivity index (χ1n) is 7.03. The van der Waals surface area contributed by atoms with E-state index in [1.165, 1.54) is 17.7 Å². The minimum atomic E-state index is 0.627. The molecule has 3 nitrogen and oxygen atoms in total. The Morgan fingerprint density at radius 1 is 1.17 bits per heavy atom. The van der Waals surface area contributed by atoms with Crippen molar-refractivity contribution in [3.8, 4) is 0 Å². The summed E-state index contributed by atoms with van der Waals surface area (Å²) in [7, 11) is 0. The van der Waals surface area contributed by atoms with Crippen molar-refractivity contribution in [2.24, 2.45) is 5.73 Å². The molecule has 1 aliphatic heterocycles. The Hall–Kier alpha value is -1.06. The van der Waals surface area contributed by atoms with Crippen LogP contribution in [0.5, 0.6) is 0 Å². The summed E-state index contributed by atoms with van der Waals surface area (Å²) >= 11 is 0. The average Bonchev–Trinajstić information content (AvgIpc) is 2.46. The molecule has 0 aromatic heterocycles. The monoisotopic (exact) mass is 247 g/mol. The van der Waals surface area contributed by atoms with Crippen molar-refractivity contribution >= 4 is 5.69 Å². The molecule has 18 heavy (non-hydrogen) atoms. The van der Waals surface area contributed by atoms with Crippen molar-refractivity contribution < 1.29 is 0 Å². The van der Waals surface area contributed by atoms with Crippen LogP contribution in [0.1, 0.15) is 25.8 Å². The lowest BCUT2D eigenvalue weighted by molar-refractivity contribution is 0.192. The van der Waals surface area contributed by atoms with E-state index in [0.717, 1.165) is 26.2 Å². The molecular weight excluding hydrogens is 222 g/mol. The normalized spacial score (nSPS) is 18.9. The second kappa shape index (κ2) is 6.21. The molecule has 1 saturated heterocycles. The third kappa shape index (κ3) is 2.85. The molecule has 1 unspecified atom stereocenters. The van der Waals surface area contributed by atoms with Gasteiger partial charge < -0.3 is 10.6 Å². The van der Waals surface area contributed by atoms with Crippen LogP contribution in [-0.2, 0) is 6.54 Å². The van der Waals surface area contributed by atoms with Crippen molar-refractivity contribution in [1.82, 2.24) is 4.90 Å². The third-order valence-electron chi connectivity index (χ3n) is 4.08. The van der Waals surface area contributed by atoms with E-state index in [9.17, 15) is 0 Å². The first-order valence-corrected chi connectivity index (χ1v) is 7.03. The van der Waals surface area contributed by atoms with Gasteiger partial charge in [0.1, 0.15) is 0 Å². The second-order valence-electron chi connectivity index (χ2n) is 5.11. The van der Waals surface area contributed by atoms with E-state index in [1.54, 1.807) is 0 Å². The van der Waals surface area contributed by atoms with Crippen molar-refractivity contribution in [3.63, 3.8) is 0 Å². The van der Waals surface area contributed by atoms with Crippen LogP contribution in [0.15, 0.2) is 24.3 Å². The molecule has 1 fully saturated rings. The molecule has 0 bridgehead atoms. The van der Waals surface area contributed by atoms with E-state index in [4.69, 9.17) is 5.73 Å². The number of nitrogens with two attached hydrogens (primary N) is 1. The van der Waals surface area contributed by atoms with Crippen molar-refractivity contribution in [2.75, 3.05) is 31.1 Å². The van der Waals surface area contributed by atoms with Crippen LogP contribution < -0.4 is 10.6 Å². The maximum Gasteiger partial charge on any atom is 0.0412 e. The highest BCUT2D eigenvalue weighted by atomic mass is 15.3. The molecular formula is C15H25N3. The fourth-order valence-electron chi connectivity index (χ4n) is 2.65. The molecule has 2 rings (SSSR count). The van der Waals surface area contributed by atoms with Gasteiger partial charge in [0.25, 0.3) is 0 Å². The van der Waals surface area contributed by atoms with E-state index in [0.29, 0.717) is 12.6 Å². The highest BCUT2D eigenvalue weighted by molar-refractivity contribution is 5.54. The van der Waals surface area contributed by atoms with Gasteiger partial charge in [-0.05, 0) is 25.0 Å². The van der Waals surface area contributed by atoms with Crippen LogP contribution in [0.2, 0.25) is 0 Å². The first kappa shape index (κ1) is 13.4. The summed E-state index contributed by atoms with van der Waals surface area (Å²) in [5.41, 5.74) is 8.40. The molecule has 100 valence electrons. The molecule has 0 amide bonds. The highest BCUT2D eigenvalue weighted by Crippen LogP contribution is 2.22. The van der Waals surface area contributed by atoms with E-state index in [-0.39, 0.29) is 0 Å². The van der Waals surface area contributed by atoms with Crippen LogP contribution in [0.4, 0.5) is 5.69 Å². The summed E-state index contributed by atoms with van der Waals surface area (Å²) in [4.78, 5) is 5.06. The summed E-state index contributed by atoms with van der Waals surface area (Å²) in [6, 6.07) is 9.21. The zero-order valence-corrected chi connectivity index (χ0v) is 11.6. The Kier molecular flexibility index (Phi) is 4.61. The van der Waals surface area contributed by atoms with Crippen LogP contribution >= 0.6 is 0 Å². The maximum absolute atomic E-state index is 5.82. The molecule has 0 radical (unpaired) electrons. The Morgan fingerprint density at radius 2 is 1.83 bits per heavy atom. The zero-order valence-electron chi connectivity index (χ0n) is 11.6. The largest absolute Gasteiger partial charge is 0.369 e. The predicted molar refractivity (Wildman–Crippen MR) is 77.9 cm³/mol. The molecule has 1 atom stereocenters. The molecule has 3 heteroatoms. The summed E-state index contributed by atoms with van der Waals surface area (Å²) in [5, 5.41) is 0. The minimum Gasteiger partial charge on any atom is -0.369 e. The summed E-state index contributed by atoms with van der Waals surface area (Å²) in [6.45, 7) is 9.76. The van der Waals surface area contributed by atoms with Crippen molar-refractivity contribution in [3.05, 3.63) is 29.8 Å². The van der Waals surface area contributed by atoms with Gasteiger partial charge in [-0.2, -0.15) is 0 Å². The number of anilines is 1. The lowest BCUT2D eigenvalue weighted by Crippen LogP contribution is -2.49. The van der Waals surface area contributed by atoms with E-state index < -0.39 is 0 Å². The topological polar surface area (TPSA) is 32.5 Å². The van der Waals surface area contributed by atoms with Gasteiger partial charge >= 0.3 is 0 Å². The van der Waals surface area contributed by atoms with Gasteiger partial charge in [-0.15, -0.1) is 0 Å². The first-order chi connectivity index (χ1) is 8.76. The van der Waals surface area contributed by atoms with E-state index in [1.807, 2.05) is 0 Å². The quantitative estimate of drug-likeness (QED) is 0.884. The van der Waals surface area contributed by atoms with Crippen LogP contribution in [-0.4, -0.2) is 37.1 Å². The smallest absolute Gasteiger partial charge is 0.0412 e. The number of para-hydroxylation sites is 1. The van der Waals surface area contributed by atoms with E-state index >= 15 is 0 Å². The standard InChI is InChI=1S/C15H25N3/c1-3-13(2)17-8-10-18(11-9-17)15-7-5-4-6-14(15)12-16/h4-7,13H,3,8-12,16H2,1-2H3. The van der Waals surface area contributed by atoms with Gasteiger partial charge in [0.05, 0.1) is 0 Å². The fraction of sp³-hybridized carbons (Fsp3) is 0.600. The number of piperazine rings is 1. The molecule has 1 aromatic carbocycles. The molecule has 1 aliphatic rings. The molecule has 2 N–H and O–H groups in total. The van der Waals surface area contributed by atoms with E-state index in [2.05, 4.69) is 47.9 Å². The second-order valence-corrected chi connectivity index (χ2v) is 5.11. The number of hydrogen-bond acceptors (Lipinski definition) is 3. The minimum absolute atomic E-state index is 0.627. The number of nitrogens with zero attached hydrogens (tertiary/aromatic N) is 2. The van der Waals surface area contributed by atoms with Crippen LogP contribution in [0.3, 0.4) is 0 Å². The van der Waals surface area contributed by atoms with Crippen LogP contribution in [0, 0.1) is 0 Å². The molecule has 0 aliphatic carbocycles. The molecule has 0 spiro atoms. The number of rotatable bonds is 4. The lowest BCUT2D eigenvalue weighted by atomic mass is 10.1. The zero-order chi connectivity index (χ0) is 13.0. The predicted octanol–water partition coefficient (Wildman–Crippen LogP) is 2.07. The maximum atomic E-state index is 5.82. The van der Waals surface area contributed by atoms with Gasteiger partial charge in [-0.3, -0.25) is 4.90 Å². The Morgan fingerprint density at radius 3 is 2.44 bits per heavy atom. The van der Waals surface area contributed by atoms with Crippen molar-refractivity contribution in [2.45, 2.75) is 32.9 Å². The Labute approximate surface area is 111 Å². The van der Waals surface area contributed by atoms with Crippen LogP contribution in [0.25, 0.3) is 0 Å². The molecule has 0 saturated carbocycles. The molecule has 1 heterocycles. The van der Waals surface area contributed by atoms with Gasteiger partial charge in [0.2, 0.25) is 0 Å². The molecule has 1 aromatic rings. The van der Waals surface area contributed by atoms with Crippen molar-refractivity contribution in [1.29, 1.82) is 0 Å². The fourth-order valence-corrected chi connectivity index (χ4v) is 2.65. The number of hydrogen-bond donors (Lipinski definition) is 1. The summed E-state index contributed by atoms with van der Waals surface area (Å²) in [5.74, 6) is 0. The van der Waals surface area contributed by atoms with Gasteiger partial charge in [0.15, 0.2) is 0 Å². The van der Waals surface area contributed by atoms with Gasteiger partial charge in [0, 0.05) is 44.5 Å². The lowest BCUT2D eigenvalue weighted by Gasteiger charge is -2.39. The SMILES string of the molecule is CCC(C)N1CCN(c2ccccc2CN)CC1. The van der Waals surface area contributed by atoms with Gasteiger partial charge in [-0.25, -0.2) is 0 Å². The summed E-state index contributed by atoms with van der Waals surface area (Å²) in [6.07, 6.45) is 1.24. The third-order valence-corrected chi connectivity index (χ3v) is 4.08. The Balaban J connectivity index is 2.01. The Bertz CT molecular complexity index is 370. The number of benzene rings is 1. The average molecular weight is 247 g/mol. The summed E-state index contributed by atoms with van der Waals surface area (Å²) < 4.78 is 0. The van der Waals surface area contributed by atoms with Gasteiger partial charge in [-0.1, -0.05) is 25.1 Å².